The Hall–Kier alpha value is -3.15. The lowest BCUT2D eigenvalue weighted by Crippen LogP contribution is -2.12. The van der Waals surface area contributed by atoms with Crippen LogP contribution in [0.5, 0.6) is 5.75 Å². The van der Waals surface area contributed by atoms with E-state index in [-0.39, 0.29) is 5.91 Å². The molecule has 1 heterocycles. The summed E-state index contributed by atoms with van der Waals surface area (Å²) in [5.74, 6) is 0.500. The Morgan fingerprint density at radius 2 is 1.83 bits per heavy atom. The van der Waals surface area contributed by atoms with Crippen molar-refractivity contribution in [2.45, 2.75) is 6.61 Å². The molecule has 1 amide bonds. The standard InChI is InChI=1S/C23H17ClN2O2S/c24-18-8-4-6-16(12-18)14-28-20-11-5-7-17(13-20)23-26-21(15-29-23)22(27)25-19-9-2-1-3-10-19/h1-13,15H,14H2,(H,25,27). The molecular weight excluding hydrogens is 404 g/mol. The van der Waals surface area contributed by atoms with Crippen molar-refractivity contribution in [3.63, 3.8) is 0 Å². The van der Waals surface area contributed by atoms with Crippen LogP contribution in [0.2, 0.25) is 5.02 Å². The topological polar surface area (TPSA) is 51.2 Å². The van der Waals surface area contributed by atoms with Gasteiger partial charge in [0.1, 0.15) is 23.1 Å². The third-order valence-corrected chi connectivity index (χ3v) is 5.27. The Labute approximate surface area is 177 Å². The first-order chi connectivity index (χ1) is 14.2. The number of amides is 1. The SMILES string of the molecule is O=C(Nc1ccccc1)c1csc(-c2cccc(OCc3cccc(Cl)c3)c2)n1. The molecule has 0 atom stereocenters. The van der Waals surface area contributed by atoms with Crippen LogP contribution >= 0.6 is 22.9 Å². The molecule has 1 N–H and O–H groups in total. The normalized spacial score (nSPS) is 10.5. The number of thiazole rings is 1. The van der Waals surface area contributed by atoms with Gasteiger partial charge >= 0.3 is 0 Å². The average Bonchev–Trinajstić information content (AvgIpc) is 3.24. The second-order valence-corrected chi connectivity index (χ2v) is 7.60. The minimum absolute atomic E-state index is 0.230. The van der Waals surface area contributed by atoms with E-state index in [2.05, 4.69) is 10.3 Å². The number of nitrogens with zero attached hydrogens (tertiary/aromatic N) is 1. The fraction of sp³-hybridized carbons (Fsp3) is 0.0435. The van der Waals surface area contributed by atoms with E-state index in [1.807, 2.05) is 78.9 Å². The molecule has 4 aromatic rings. The highest BCUT2D eigenvalue weighted by Gasteiger charge is 2.12. The molecule has 0 aliphatic heterocycles. The first-order valence-electron chi connectivity index (χ1n) is 8.97. The molecular formula is C23H17ClN2O2S. The molecule has 0 saturated carbocycles. The van der Waals surface area contributed by atoms with Crippen LogP contribution in [-0.2, 0) is 6.61 Å². The van der Waals surface area contributed by atoms with Crippen molar-refractivity contribution >= 4 is 34.5 Å². The number of halogens is 1. The summed E-state index contributed by atoms with van der Waals surface area (Å²) in [7, 11) is 0. The average molecular weight is 421 g/mol. The van der Waals surface area contributed by atoms with Gasteiger partial charge in [0.25, 0.3) is 5.91 Å². The molecule has 29 heavy (non-hydrogen) atoms. The second kappa shape index (κ2) is 8.90. The maximum atomic E-state index is 12.4. The summed E-state index contributed by atoms with van der Waals surface area (Å²) < 4.78 is 5.88. The third kappa shape index (κ3) is 5.02. The van der Waals surface area contributed by atoms with E-state index in [4.69, 9.17) is 16.3 Å². The number of benzene rings is 3. The highest BCUT2D eigenvalue weighted by Crippen LogP contribution is 2.28. The maximum absolute atomic E-state index is 12.4. The second-order valence-electron chi connectivity index (χ2n) is 6.30. The highest BCUT2D eigenvalue weighted by atomic mass is 35.5. The van der Waals surface area contributed by atoms with Crippen molar-refractivity contribution in [3.8, 4) is 16.3 Å². The smallest absolute Gasteiger partial charge is 0.275 e. The van der Waals surface area contributed by atoms with E-state index in [1.165, 1.54) is 11.3 Å². The Kier molecular flexibility index (Phi) is 5.89. The van der Waals surface area contributed by atoms with Crippen LogP contribution in [-0.4, -0.2) is 10.9 Å². The Balaban J connectivity index is 1.45. The number of ether oxygens (including phenoxy) is 1. The lowest BCUT2D eigenvalue weighted by molar-refractivity contribution is 0.102. The van der Waals surface area contributed by atoms with Crippen LogP contribution in [0.4, 0.5) is 5.69 Å². The van der Waals surface area contributed by atoms with E-state index in [0.29, 0.717) is 17.3 Å². The van der Waals surface area contributed by atoms with Gasteiger partial charge in [-0.3, -0.25) is 4.79 Å². The Morgan fingerprint density at radius 1 is 1.00 bits per heavy atom. The predicted octanol–water partition coefficient (Wildman–Crippen LogP) is 6.29. The number of carbonyl (C=O) groups excluding carboxylic acids is 1. The zero-order chi connectivity index (χ0) is 20.1. The van der Waals surface area contributed by atoms with Crippen molar-refractivity contribution in [1.82, 2.24) is 4.98 Å². The van der Waals surface area contributed by atoms with Gasteiger partial charge in [-0.05, 0) is 42.0 Å². The lowest BCUT2D eigenvalue weighted by atomic mass is 10.2. The molecule has 3 aromatic carbocycles. The van der Waals surface area contributed by atoms with E-state index < -0.39 is 0 Å². The number of carbonyl (C=O) groups is 1. The number of hydrogen-bond acceptors (Lipinski definition) is 4. The van der Waals surface area contributed by atoms with Gasteiger partial charge in [0.05, 0.1) is 0 Å². The number of nitrogens with one attached hydrogen (secondary N) is 1. The molecule has 1 aromatic heterocycles. The number of anilines is 1. The van der Waals surface area contributed by atoms with Gasteiger partial charge in [0, 0.05) is 21.7 Å². The number of rotatable bonds is 6. The molecule has 0 aliphatic carbocycles. The van der Waals surface area contributed by atoms with Gasteiger partial charge < -0.3 is 10.1 Å². The van der Waals surface area contributed by atoms with E-state index in [0.717, 1.165) is 27.6 Å². The van der Waals surface area contributed by atoms with Crippen LogP contribution in [0.1, 0.15) is 16.1 Å². The predicted molar refractivity (Wildman–Crippen MR) is 118 cm³/mol. The molecule has 4 rings (SSSR count). The van der Waals surface area contributed by atoms with Crippen LogP contribution in [0.3, 0.4) is 0 Å². The summed E-state index contributed by atoms with van der Waals surface area (Å²) >= 11 is 7.44. The van der Waals surface area contributed by atoms with Crippen molar-refractivity contribution in [3.05, 3.63) is 101 Å². The maximum Gasteiger partial charge on any atom is 0.275 e. The van der Waals surface area contributed by atoms with Crippen LogP contribution < -0.4 is 10.1 Å². The molecule has 6 heteroatoms. The van der Waals surface area contributed by atoms with E-state index >= 15 is 0 Å². The third-order valence-electron chi connectivity index (χ3n) is 4.14. The largest absolute Gasteiger partial charge is 0.489 e. The van der Waals surface area contributed by atoms with E-state index in [1.54, 1.807) is 5.38 Å². The number of para-hydroxylation sites is 1. The van der Waals surface area contributed by atoms with Gasteiger partial charge in [-0.2, -0.15) is 0 Å². The molecule has 0 fully saturated rings. The zero-order valence-electron chi connectivity index (χ0n) is 15.3. The van der Waals surface area contributed by atoms with Crippen molar-refractivity contribution in [2.75, 3.05) is 5.32 Å². The summed E-state index contributed by atoms with van der Waals surface area (Å²) in [5, 5.41) is 6.05. The molecule has 0 unspecified atom stereocenters. The summed E-state index contributed by atoms with van der Waals surface area (Å²) in [6, 6.07) is 24.6. The number of aromatic nitrogens is 1. The molecule has 4 nitrogen and oxygen atoms in total. The van der Waals surface area contributed by atoms with Crippen molar-refractivity contribution in [2.24, 2.45) is 0 Å². The van der Waals surface area contributed by atoms with Gasteiger partial charge in [0.15, 0.2) is 0 Å². The van der Waals surface area contributed by atoms with Crippen LogP contribution in [0, 0.1) is 0 Å². The highest BCUT2D eigenvalue weighted by molar-refractivity contribution is 7.13. The summed E-state index contributed by atoms with van der Waals surface area (Å²) in [5.41, 5.74) is 3.02. The summed E-state index contributed by atoms with van der Waals surface area (Å²) in [6.45, 7) is 0.423. The molecule has 0 spiro atoms. The summed E-state index contributed by atoms with van der Waals surface area (Å²) in [6.07, 6.45) is 0. The lowest BCUT2D eigenvalue weighted by Gasteiger charge is -2.07. The van der Waals surface area contributed by atoms with Gasteiger partial charge in [-0.25, -0.2) is 4.98 Å². The minimum atomic E-state index is -0.230. The van der Waals surface area contributed by atoms with Gasteiger partial charge in [0.2, 0.25) is 0 Å². The Bertz CT molecular complexity index is 1130. The molecule has 0 radical (unpaired) electrons. The van der Waals surface area contributed by atoms with Crippen molar-refractivity contribution < 1.29 is 9.53 Å². The monoisotopic (exact) mass is 420 g/mol. The summed E-state index contributed by atoms with van der Waals surface area (Å²) in [4.78, 5) is 16.9. The van der Waals surface area contributed by atoms with Crippen LogP contribution in [0.15, 0.2) is 84.2 Å². The first-order valence-corrected chi connectivity index (χ1v) is 10.2. The van der Waals surface area contributed by atoms with Gasteiger partial charge in [-0.1, -0.05) is 54.1 Å². The minimum Gasteiger partial charge on any atom is -0.489 e. The fourth-order valence-electron chi connectivity index (χ4n) is 2.74. The van der Waals surface area contributed by atoms with Crippen molar-refractivity contribution in [1.29, 1.82) is 0 Å². The van der Waals surface area contributed by atoms with E-state index in [9.17, 15) is 4.79 Å². The first kappa shape index (κ1) is 19.2. The Morgan fingerprint density at radius 3 is 2.66 bits per heavy atom. The fourth-order valence-corrected chi connectivity index (χ4v) is 3.75. The molecule has 144 valence electrons. The van der Waals surface area contributed by atoms with Crippen LogP contribution in [0.25, 0.3) is 10.6 Å². The molecule has 0 saturated heterocycles. The zero-order valence-corrected chi connectivity index (χ0v) is 16.9. The molecule has 0 aliphatic rings. The van der Waals surface area contributed by atoms with Gasteiger partial charge in [-0.15, -0.1) is 11.3 Å². The molecule has 0 bridgehead atoms. The quantitative estimate of drug-likeness (QED) is 0.398. The number of hydrogen-bond donors (Lipinski definition) is 1.